The molecule has 1 aliphatic heterocycles. The Hall–Kier alpha value is -1.39. The highest BCUT2D eigenvalue weighted by Gasteiger charge is 2.25. The van der Waals surface area contributed by atoms with Crippen LogP contribution in [0.3, 0.4) is 0 Å². The van der Waals surface area contributed by atoms with Crippen LogP contribution in [-0.2, 0) is 11.2 Å². The van der Waals surface area contributed by atoms with Crippen LogP contribution in [0.4, 0.5) is 10.1 Å². The average Bonchev–Trinajstić information content (AvgIpc) is 2.76. The van der Waals surface area contributed by atoms with Crippen molar-refractivity contribution >= 4 is 39.1 Å². The van der Waals surface area contributed by atoms with Crippen LogP contribution in [0.2, 0.25) is 5.02 Å². The normalized spacial score (nSPS) is 15.2. The maximum Gasteiger partial charge on any atom is 0.231 e. The van der Waals surface area contributed by atoms with Crippen LogP contribution in [0.1, 0.15) is 21.5 Å². The van der Waals surface area contributed by atoms with Crippen LogP contribution < -0.4 is 4.90 Å². The van der Waals surface area contributed by atoms with Crippen LogP contribution in [-0.4, -0.2) is 13.0 Å². The van der Waals surface area contributed by atoms with Gasteiger partial charge in [-0.25, -0.2) is 4.39 Å². The van der Waals surface area contributed by atoms with Crippen molar-refractivity contribution < 1.29 is 9.18 Å². The molecule has 0 spiro atoms. The lowest BCUT2D eigenvalue weighted by molar-refractivity contribution is -0.117. The van der Waals surface area contributed by atoms with Gasteiger partial charge in [0.2, 0.25) is 5.91 Å². The predicted molar refractivity (Wildman–Crippen MR) is 85.7 cm³/mol. The number of carbonyl (C=O) groups is 1. The molecule has 3 rings (SSSR count). The van der Waals surface area contributed by atoms with E-state index in [1.165, 1.54) is 6.07 Å². The van der Waals surface area contributed by atoms with E-state index in [4.69, 9.17) is 11.6 Å². The summed E-state index contributed by atoms with van der Waals surface area (Å²) in [6, 6.07) is 10.7. The topological polar surface area (TPSA) is 20.3 Å². The third-order valence-corrected chi connectivity index (χ3v) is 5.04. The minimum absolute atomic E-state index is 0.0715. The fourth-order valence-corrected chi connectivity index (χ4v) is 3.36. The molecule has 21 heavy (non-hydrogen) atoms. The van der Waals surface area contributed by atoms with Gasteiger partial charge in [0, 0.05) is 18.3 Å². The zero-order valence-corrected chi connectivity index (χ0v) is 13.6. The first kappa shape index (κ1) is 14.5. The number of alkyl halides is 1. The molecule has 0 radical (unpaired) electrons. The number of anilines is 1. The Balaban J connectivity index is 2.00. The molecular weight excluding hydrogens is 357 g/mol. The Bertz CT molecular complexity index is 734. The summed E-state index contributed by atoms with van der Waals surface area (Å²) < 4.78 is 14.1. The van der Waals surface area contributed by atoms with Crippen molar-refractivity contribution in [1.29, 1.82) is 0 Å². The second kappa shape index (κ2) is 5.43. The van der Waals surface area contributed by atoms with E-state index >= 15 is 0 Å². The van der Waals surface area contributed by atoms with Gasteiger partial charge in [-0.15, -0.1) is 0 Å². The van der Waals surface area contributed by atoms with E-state index in [0.717, 1.165) is 16.8 Å². The number of carbonyl (C=O) groups excluding carboxylic acids is 1. The van der Waals surface area contributed by atoms with Gasteiger partial charge in [-0.05, 0) is 23.3 Å². The summed E-state index contributed by atoms with van der Waals surface area (Å²) in [6.07, 6.45) is 0.386. The van der Waals surface area contributed by atoms with Crippen LogP contribution in [0, 0.1) is 5.82 Å². The lowest BCUT2D eigenvalue weighted by atomic mass is 10.0. The monoisotopic (exact) mass is 367 g/mol. The summed E-state index contributed by atoms with van der Waals surface area (Å²) in [5, 5.41) is 0.105. The Labute approximate surface area is 135 Å². The van der Waals surface area contributed by atoms with E-state index in [2.05, 4.69) is 15.9 Å². The molecule has 2 aromatic rings. The number of halogens is 3. The average molecular weight is 369 g/mol. The molecule has 1 amide bonds. The minimum atomic E-state index is -0.422. The first-order valence-corrected chi connectivity index (χ1v) is 7.75. The maximum absolute atomic E-state index is 14.1. The van der Waals surface area contributed by atoms with Gasteiger partial charge in [0.1, 0.15) is 5.82 Å². The Kier molecular flexibility index (Phi) is 3.76. The summed E-state index contributed by atoms with van der Waals surface area (Å²) >= 11 is 9.35. The second-order valence-electron chi connectivity index (χ2n) is 5.02. The lowest BCUT2D eigenvalue weighted by Crippen LogP contribution is -2.20. The van der Waals surface area contributed by atoms with E-state index in [-0.39, 0.29) is 15.8 Å². The fraction of sp³-hybridized carbons (Fsp3) is 0.188. The summed E-state index contributed by atoms with van der Waals surface area (Å²) in [7, 11) is 1.76. The molecule has 0 aliphatic carbocycles. The number of likely N-dealkylation sites (N-methyl/N-ethyl adjacent to an activating group) is 1. The van der Waals surface area contributed by atoms with Gasteiger partial charge in [-0.1, -0.05) is 51.8 Å². The van der Waals surface area contributed by atoms with E-state index in [1.807, 2.05) is 18.2 Å². The van der Waals surface area contributed by atoms with Crippen molar-refractivity contribution in [2.24, 2.45) is 0 Å². The van der Waals surface area contributed by atoms with Gasteiger partial charge in [-0.2, -0.15) is 0 Å². The maximum atomic E-state index is 14.1. The molecule has 0 saturated carbocycles. The second-order valence-corrected chi connectivity index (χ2v) is 6.35. The summed E-state index contributed by atoms with van der Waals surface area (Å²) in [5.41, 5.74) is 3.26. The zero-order valence-electron chi connectivity index (χ0n) is 11.2. The van der Waals surface area contributed by atoms with Crippen molar-refractivity contribution in [3.63, 3.8) is 0 Å². The highest BCUT2D eigenvalue weighted by molar-refractivity contribution is 9.09. The molecule has 1 heterocycles. The van der Waals surface area contributed by atoms with E-state index < -0.39 is 5.82 Å². The first-order chi connectivity index (χ1) is 9.99. The van der Waals surface area contributed by atoms with Gasteiger partial charge in [0.05, 0.1) is 16.3 Å². The Morgan fingerprint density at radius 1 is 1.33 bits per heavy atom. The molecule has 0 fully saturated rings. The zero-order chi connectivity index (χ0) is 15.1. The molecule has 0 N–H and O–H groups in total. The van der Waals surface area contributed by atoms with Gasteiger partial charge in [0.25, 0.3) is 0 Å². The quantitative estimate of drug-likeness (QED) is 0.716. The number of rotatable bonds is 2. The van der Waals surface area contributed by atoms with Gasteiger partial charge in [-0.3, -0.25) is 4.79 Å². The summed E-state index contributed by atoms with van der Waals surface area (Å²) in [5.74, 6) is -0.350. The molecule has 1 atom stereocenters. The molecule has 1 aliphatic rings. The highest BCUT2D eigenvalue weighted by atomic mass is 79.9. The molecule has 5 heteroatoms. The van der Waals surface area contributed by atoms with Crippen LogP contribution >= 0.6 is 27.5 Å². The van der Waals surface area contributed by atoms with Crippen molar-refractivity contribution in [2.45, 2.75) is 11.2 Å². The van der Waals surface area contributed by atoms with Gasteiger partial charge >= 0.3 is 0 Å². The Morgan fingerprint density at radius 2 is 2.10 bits per heavy atom. The van der Waals surface area contributed by atoms with Crippen molar-refractivity contribution in [1.82, 2.24) is 0 Å². The molecule has 2 aromatic carbocycles. The fourth-order valence-electron chi connectivity index (χ4n) is 2.54. The smallest absolute Gasteiger partial charge is 0.231 e. The molecule has 108 valence electrons. The number of nitrogens with zero attached hydrogens (tertiary/aromatic N) is 1. The lowest BCUT2D eigenvalue weighted by Gasteiger charge is -2.15. The van der Waals surface area contributed by atoms with Gasteiger partial charge in [0.15, 0.2) is 0 Å². The summed E-state index contributed by atoms with van der Waals surface area (Å²) in [6.45, 7) is 0. The van der Waals surface area contributed by atoms with E-state index in [9.17, 15) is 9.18 Å². The Morgan fingerprint density at radius 3 is 2.86 bits per heavy atom. The van der Waals surface area contributed by atoms with Crippen molar-refractivity contribution in [2.75, 3.05) is 11.9 Å². The number of hydrogen-bond donors (Lipinski definition) is 0. The third-order valence-electron chi connectivity index (χ3n) is 3.73. The molecule has 2 nitrogen and oxygen atoms in total. The minimum Gasteiger partial charge on any atom is -0.315 e. The van der Waals surface area contributed by atoms with Gasteiger partial charge < -0.3 is 4.90 Å². The largest absolute Gasteiger partial charge is 0.315 e. The molecule has 0 saturated heterocycles. The summed E-state index contributed by atoms with van der Waals surface area (Å²) in [4.78, 5) is 13.1. The van der Waals surface area contributed by atoms with Crippen LogP contribution in [0.15, 0.2) is 36.4 Å². The third kappa shape index (κ3) is 2.47. The molecule has 0 bridgehead atoms. The predicted octanol–water partition coefficient (Wildman–Crippen LogP) is 4.48. The molecule has 1 unspecified atom stereocenters. The van der Waals surface area contributed by atoms with Crippen molar-refractivity contribution in [3.05, 3.63) is 63.9 Å². The SMILES string of the molecule is CN1C(=O)Cc2cc(C(Br)c3cccc(Cl)c3F)ccc21. The molecule has 0 aromatic heterocycles. The number of fused-ring (bicyclic) bond motifs is 1. The van der Waals surface area contributed by atoms with E-state index in [1.54, 1.807) is 24.1 Å². The van der Waals surface area contributed by atoms with Crippen molar-refractivity contribution in [3.8, 4) is 0 Å². The standard InChI is InChI=1S/C16H12BrClFNO/c1-20-13-6-5-9(7-10(13)8-14(20)21)15(17)11-3-2-4-12(18)16(11)19/h2-7,15H,8H2,1H3. The molecular formula is C16H12BrClFNO. The first-order valence-electron chi connectivity index (χ1n) is 6.46. The van der Waals surface area contributed by atoms with Crippen LogP contribution in [0.25, 0.3) is 0 Å². The number of amides is 1. The number of benzene rings is 2. The van der Waals surface area contributed by atoms with Crippen LogP contribution in [0.5, 0.6) is 0 Å². The van der Waals surface area contributed by atoms with E-state index in [0.29, 0.717) is 12.0 Å². The number of hydrogen-bond acceptors (Lipinski definition) is 1. The highest BCUT2D eigenvalue weighted by Crippen LogP contribution is 2.37.